The van der Waals surface area contributed by atoms with E-state index in [9.17, 15) is 18.4 Å². The van der Waals surface area contributed by atoms with Gasteiger partial charge in [-0.1, -0.05) is 45.2 Å². The van der Waals surface area contributed by atoms with E-state index in [4.69, 9.17) is 23.7 Å². The van der Waals surface area contributed by atoms with Crippen LogP contribution >= 0.6 is 0 Å². The minimum Gasteiger partial charge on any atom is -0.492 e. The number of piperidine rings is 2. The summed E-state index contributed by atoms with van der Waals surface area (Å²) in [6.07, 6.45) is 20.8. The third-order valence-corrected chi connectivity index (χ3v) is 17.0. The van der Waals surface area contributed by atoms with E-state index < -0.39 is 11.6 Å². The number of para-hydroxylation sites is 2. The standard InChI is InChI=1S/C33H42FN5O4.C29H34FN5O3.C2H6/c1-41-32-25(34)9-6-10-26(32)37-31-28-29-22(20-36-33(28)40)8-7-19-42-18-5-3-2-4-15-39-16-12-23(13-17-39)43-27-21-35-14-11-24(27)30(31)38-29;1-37-28-21(30)6-4-7-22(28)33-27-24-25-19(15-32-29(24)36)5-2-3-12-35-13-9-18(10-14-35)17-38-23-16-31-11-8-20(23)26(27)34-25;1-2/h6,9-11,14,21-23,37-38H,2-5,7-8,12-13,15-20H2,1H3,(H,36,40);4,6-8,11,16,18-19,33-34H,2-3,5,9-10,12-15,17H2,1H3,(H,32,36);1-2H3. The monoisotopic (exact) mass is 1140 g/mol. The first-order chi connectivity index (χ1) is 40.7. The van der Waals surface area contributed by atoms with Crippen LogP contribution in [-0.4, -0.2) is 134 Å². The van der Waals surface area contributed by atoms with E-state index in [1.54, 1.807) is 49.1 Å². The van der Waals surface area contributed by atoms with Gasteiger partial charge in [-0.2, -0.15) is 0 Å². The number of carbonyl (C=O) groups excluding carboxylic acids is 2. The van der Waals surface area contributed by atoms with Crippen molar-refractivity contribution >= 4 is 34.6 Å². The number of aromatic amines is 2. The molecular formula is C64H82F2N10O7. The van der Waals surface area contributed by atoms with Gasteiger partial charge >= 0.3 is 0 Å². The Hall–Kier alpha value is -7.22. The van der Waals surface area contributed by atoms with Crippen LogP contribution in [0.2, 0.25) is 0 Å². The van der Waals surface area contributed by atoms with Gasteiger partial charge in [0.2, 0.25) is 0 Å². The Balaban J connectivity index is 0.000000181. The number of anilines is 4. The van der Waals surface area contributed by atoms with E-state index in [2.05, 4.69) is 51.0 Å². The number of pyridine rings is 2. The zero-order valence-corrected chi connectivity index (χ0v) is 48.6. The third kappa shape index (κ3) is 13.7. The van der Waals surface area contributed by atoms with Crippen LogP contribution in [0.1, 0.15) is 141 Å². The summed E-state index contributed by atoms with van der Waals surface area (Å²) in [6, 6.07) is 13.2. The van der Waals surface area contributed by atoms with Crippen molar-refractivity contribution in [3.8, 4) is 45.5 Å². The number of ether oxygens (including phenoxy) is 5. The largest absolute Gasteiger partial charge is 0.492 e. The summed E-state index contributed by atoms with van der Waals surface area (Å²) in [4.78, 5) is 47.8. The first kappa shape index (κ1) is 59.0. The summed E-state index contributed by atoms with van der Waals surface area (Å²) in [7, 11) is 2.87. The second kappa shape index (κ2) is 28.4. The predicted molar refractivity (Wildman–Crippen MR) is 319 cm³/mol. The Morgan fingerprint density at radius 3 is 1.67 bits per heavy atom. The molecule has 8 bridgehead atoms. The van der Waals surface area contributed by atoms with E-state index in [0.29, 0.717) is 83.3 Å². The molecule has 444 valence electrons. The SMILES string of the molecule is CC.COc1c(F)cccc1Nc1c2[nH]c3c1C(=O)NCC3CCCCN1CCC(CC1)COc1cnccc1-2.COc1c(F)cccc1Nc1c2[nH]c3c1C(=O)NCC3CCCOCCCCCCN1CCC(CC1)Oc1cnccc1-2. The van der Waals surface area contributed by atoms with Gasteiger partial charge < -0.3 is 64.7 Å². The van der Waals surface area contributed by atoms with E-state index in [1.807, 2.05) is 26.0 Å². The molecule has 2 atom stereocenters. The van der Waals surface area contributed by atoms with Crippen LogP contribution in [0.15, 0.2) is 73.3 Å². The zero-order chi connectivity index (χ0) is 57.7. The van der Waals surface area contributed by atoms with E-state index in [-0.39, 0.29) is 41.3 Å². The van der Waals surface area contributed by atoms with E-state index in [0.717, 1.165) is 138 Å². The number of amides is 2. The molecule has 4 aromatic heterocycles. The number of nitrogens with one attached hydrogen (secondary N) is 6. The molecule has 0 aliphatic carbocycles. The van der Waals surface area contributed by atoms with Crippen molar-refractivity contribution < 1.29 is 42.1 Å². The summed E-state index contributed by atoms with van der Waals surface area (Å²) < 4.78 is 59.0. The highest BCUT2D eigenvalue weighted by Gasteiger charge is 2.36. The van der Waals surface area contributed by atoms with Gasteiger partial charge in [0.25, 0.3) is 11.8 Å². The number of H-pyrrole nitrogens is 2. The van der Waals surface area contributed by atoms with E-state index >= 15 is 0 Å². The van der Waals surface area contributed by atoms with Crippen molar-refractivity contribution in [3.63, 3.8) is 0 Å². The number of aromatic nitrogens is 4. The molecule has 2 saturated heterocycles. The number of hydrogen-bond acceptors (Lipinski definition) is 13. The average Bonchev–Trinajstić information content (AvgIpc) is 4.32. The molecule has 17 nitrogen and oxygen atoms in total. The number of fused-ring (bicyclic) bond motifs is 17. The number of rotatable bonds is 6. The minimum atomic E-state index is -0.486. The molecule has 19 heteroatoms. The molecule has 2 amide bonds. The summed E-state index contributed by atoms with van der Waals surface area (Å²) in [5.74, 6) is 0.910. The fraction of sp³-hybridized carbons (Fsp3) is 0.500. The van der Waals surface area contributed by atoms with Gasteiger partial charge in [0, 0.05) is 86.1 Å². The lowest BCUT2D eigenvalue weighted by atomic mass is 9.91. The molecular weight excluding hydrogens is 1060 g/mol. The van der Waals surface area contributed by atoms with Crippen molar-refractivity contribution in [2.45, 2.75) is 115 Å². The second-order valence-electron chi connectivity index (χ2n) is 22.2. The molecule has 8 aliphatic rings. The highest BCUT2D eigenvalue weighted by Crippen LogP contribution is 2.47. The number of halogens is 2. The lowest BCUT2D eigenvalue weighted by molar-refractivity contribution is 0.0929. The minimum absolute atomic E-state index is 0.0737. The van der Waals surface area contributed by atoms with E-state index in [1.165, 1.54) is 45.6 Å². The van der Waals surface area contributed by atoms with Crippen LogP contribution in [0.5, 0.6) is 23.0 Å². The van der Waals surface area contributed by atoms with Gasteiger partial charge in [-0.05, 0) is 133 Å². The van der Waals surface area contributed by atoms with Crippen molar-refractivity contribution in [2.75, 3.05) is 97.0 Å². The van der Waals surface area contributed by atoms with Crippen LogP contribution in [-0.2, 0) is 4.74 Å². The Kier molecular flexibility index (Phi) is 20.2. The van der Waals surface area contributed by atoms with Crippen LogP contribution in [0.4, 0.5) is 31.5 Å². The lowest BCUT2D eigenvalue weighted by Gasteiger charge is -2.32. The highest BCUT2D eigenvalue weighted by atomic mass is 19.1. The molecule has 2 fully saturated rings. The predicted octanol–water partition coefficient (Wildman–Crippen LogP) is 12.1. The lowest BCUT2D eigenvalue weighted by Crippen LogP contribution is -2.38. The maximum absolute atomic E-state index is 14.7. The summed E-state index contributed by atoms with van der Waals surface area (Å²) in [5.41, 5.74) is 7.89. The van der Waals surface area contributed by atoms with Crippen LogP contribution < -0.4 is 40.2 Å². The Bertz CT molecular complexity index is 3130. The van der Waals surface area contributed by atoms with Gasteiger partial charge in [0.1, 0.15) is 17.6 Å². The summed E-state index contributed by atoms with van der Waals surface area (Å²) in [6.45, 7) is 13.7. The van der Waals surface area contributed by atoms with Crippen molar-refractivity contribution in [3.05, 3.63) is 107 Å². The van der Waals surface area contributed by atoms with Gasteiger partial charge in [-0.3, -0.25) is 19.6 Å². The zero-order valence-electron chi connectivity index (χ0n) is 48.6. The van der Waals surface area contributed by atoms with Crippen LogP contribution in [0, 0.1) is 17.6 Å². The number of carbonyl (C=O) groups is 2. The van der Waals surface area contributed by atoms with Crippen LogP contribution in [0.3, 0.4) is 0 Å². The summed E-state index contributed by atoms with van der Waals surface area (Å²) >= 11 is 0. The average molecular weight is 1140 g/mol. The normalized spacial score (nSPS) is 22.8. The fourth-order valence-electron chi connectivity index (χ4n) is 12.5. The third-order valence-electron chi connectivity index (χ3n) is 17.0. The highest BCUT2D eigenvalue weighted by molar-refractivity contribution is 6.08. The summed E-state index contributed by atoms with van der Waals surface area (Å²) in [5, 5.41) is 12.9. The van der Waals surface area contributed by atoms with Crippen molar-refractivity contribution in [1.29, 1.82) is 0 Å². The first-order valence-corrected chi connectivity index (χ1v) is 30.2. The van der Waals surface area contributed by atoms with Crippen molar-refractivity contribution in [2.24, 2.45) is 5.92 Å². The molecule has 8 aliphatic heterocycles. The van der Waals surface area contributed by atoms with Gasteiger partial charge in [-0.15, -0.1) is 0 Å². The Morgan fingerprint density at radius 2 is 1.10 bits per heavy atom. The van der Waals surface area contributed by atoms with Gasteiger partial charge in [0.15, 0.2) is 23.1 Å². The maximum Gasteiger partial charge on any atom is 0.255 e. The molecule has 0 saturated carbocycles. The van der Waals surface area contributed by atoms with Crippen molar-refractivity contribution in [1.82, 2.24) is 40.4 Å². The van der Waals surface area contributed by atoms with Crippen LogP contribution in [0.25, 0.3) is 22.5 Å². The molecule has 14 rings (SSSR count). The molecule has 0 radical (unpaired) electrons. The fourth-order valence-corrected chi connectivity index (χ4v) is 12.5. The number of hydrogen-bond donors (Lipinski definition) is 6. The maximum atomic E-state index is 14.7. The molecule has 6 N–H and O–H groups in total. The number of methoxy groups -OCH3 is 2. The number of benzene rings is 2. The molecule has 0 spiro atoms. The first-order valence-electron chi connectivity index (χ1n) is 30.2. The quantitative estimate of drug-likeness (QED) is 0.0924. The Labute approximate surface area is 486 Å². The Morgan fingerprint density at radius 1 is 0.590 bits per heavy atom. The second-order valence-corrected chi connectivity index (χ2v) is 22.2. The number of nitrogens with zero attached hydrogens (tertiary/aromatic N) is 4. The molecule has 12 heterocycles. The smallest absolute Gasteiger partial charge is 0.255 e. The van der Waals surface area contributed by atoms with Gasteiger partial charge in [0.05, 0.1) is 78.5 Å². The molecule has 83 heavy (non-hydrogen) atoms. The topological polar surface area (TPSA) is 192 Å². The molecule has 6 aromatic rings. The molecule has 2 unspecified atom stereocenters. The molecule has 2 aromatic carbocycles. The van der Waals surface area contributed by atoms with Gasteiger partial charge in [-0.25, -0.2) is 8.78 Å².